The molecule has 0 fully saturated rings. The molecule has 4 aromatic carbocycles. The van der Waals surface area contributed by atoms with Crippen LogP contribution in [-0.2, 0) is 12.4 Å². The predicted molar refractivity (Wildman–Crippen MR) is 124 cm³/mol. The number of aromatic nitrogens is 2. The molecule has 0 saturated carbocycles. The van der Waals surface area contributed by atoms with Crippen LogP contribution in [0.5, 0.6) is 11.6 Å². The van der Waals surface area contributed by atoms with E-state index in [9.17, 15) is 26.3 Å². The second kappa shape index (κ2) is 8.51. The van der Waals surface area contributed by atoms with Crippen molar-refractivity contribution in [2.45, 2.75) is 19.3 Å². The van der Waals surface area contributed by atoms with Crippen molar-refractivity contribution in [3.63, 3.8) is 0 Å². The molecule has 3 nitrogen and oxygen atoms in total. The molecule has 0 aliphatic heterocycles. The molecule has 5 rings (SSSR count). The van der Waals surface area contributed by atoms with E-state index in [1.54, 1.807) is 48.5 Å². The van der Waals surface area contributed by atoms with Crippen molar-refractivity contribution in [2.24, 2.45) is 0 Å². The van der Waals surface area contributed by atoms with E-state index in [2.05, 4.69) is 10.2 Å². The maximum atomic E-state index is 13.9. The summed E-state index contributed by atoms with van der Waals surface area (Å²) in [5.74, 6) is -1.29. The standard InChI is InChI=1S/C27H16F6N2O/c1-15-11-12-21(26(28,29)30)22(27(31,32)33)24(15)36-25-20-14-18-10-6-5-9-17(18)13-19(20)23(34-35-25)16-7-3-2-4-8-16/h2-14H,1H3. The van der Waals surface area contributed by atoms with Gasteiger partial charge in [-0.05, 0) is 41.5 Å². The van der Waals surface area contributed by atoms with E-state index in [1.807, 2.05) is 18.2 Å². The van der Waals surface area contributed by atoms with Gasteiger partial charge >= 0.3 is 12.4 Å². The second-order valence-electron chi connectivity index (χ2n) is 8.20. The van der Waals surface area contributed by atoms with E-state index in [0.717, 1.165) is 16.8 Å². The smallest absolute Gasteiger partial charge is 0.420 e. The Morgan fingerprint density at radius 3 is 1.89 bits per heavy atom. The molecule has 0 atom stereocenters. The van der Waals surface area contributed by atoms with Crippen LogP contribution in [0.2, 0.25) is 0 Å². The van der Waals surface area contributed by atoms with Gasteiger partial charge in [0.2, 0.25) is 5.88 Å². The quantitative estimate of drug-likeness (QED) is 0.185. The van der Waals surface area contributed by atoms with E-state index in [0.29, 0.717) is 28.1 Å². The minimum atomic E-state index is -5.33. The maximum absolute atomic E-state index is 13.9. The Hall–Kier alpha value is -4.14. The molecule has 9 heteroatoms. The average Bonchev–Trinajstić information content (AvgIpc) is 2.83. The Kier molecular flexibility index (Phi) is 5.58. The molecule has 0 amide bonds. The third kappa shape index (κ3) is 4.21. The summed E-state index contributed by atoms with van der Waals surface area (Å²) in [5.41, 5.74) is -2.70. The van der Waals surface area contributed by atoms with Gasteiger partial charge in [0.15, 0.2) is 0 Å². The number of alkyl halides is 6. The Balaban J connectivity index is 1.79. The lowest BCUT2D eigenvalue weighted by molar-refractivity contribution is -0.162. The number of fused-ring (bicyclic) bond motifs is 2. The van der Waals surface area contributed by atoms with Crippen LogP contribution < -0.4 is 4.74 Å². The topological polar surface area (TPSA) is 35.0 Å². The summed E-state index contributed by atoms with van der Waals surface area (Å²) in [6.07, 6.45) is -10.6. The molecular formula is C27H16F6N2O. The van der Waals surface area contributed by atoms with Crippen LogP contribution in [0.15, 0.2) is 78.9 Å². The van der Waals surface area contributed by atoms with Gasteiger partial charge in [-0.2, -0.15) is 26.3 Å². The van der Waals surface area contributed by atoms with Gasteiger partial charge in [-0.1, -0.05) is 60.7 Å². The number of halogens is 6. The number of hydrogen-bond donors (Lipinski definition) is 0. The van der Waals surface area contributed by atoms with Crippen LogP contribution in [0, 0.1) is 6.92 Å². The molecule has 0 aliphatic carbocycles. The summed E-state index contributed by atoms with van der Waals surface area (Å²) >= 11 is 0. The van der Waals surface area contributed by atoms with Crippen LogP contribution in [0.3, 0.4) is 0 Å². The number of nitrogens with zero attached hydrogens (tertiary/aromatic N) is 2. The number of hydrogen-bond acceptors (Lipinski definition) is 3. The highest BCUT2D eigenvalue weighted by Gasteiger charge is 2.46. The molecule has 0 radical (unpaired) electrons. The molecule has 36 heavy (non-hydrogen) atoms. The molecule has 1 heterocycles. The van der Waals surface area contributed by atoms with Gasteiger partial charge in [-0.15, -0.1) is 10.2 Å². The van der Waals surface area contributed by atoms with Crippen LogP contribution in [-0.4, -0.2) is 10.2 Å². The molecule has 5 aromatic rings. The zero-order chi connectivity index (χ0) is 25.7. The summed E-state index contributed by atoms with van der Waals surface area (Å²) in [6, 6.07) is 21.2. The van der Waals surface area contributed by atoms with E-state index in [4.69, 9.17) is 4.74 Å². The molecule has 1 aromatic heterocycles. The Labute approximate surface area is 201 Å². The highest BCUT2D eigenvalue weighted by molar-refractivity contribution is 6.05. The largest absolute Gasteiger partial charge is 0.436 e. The fourth-order valence-corrected chi connectivity index (χ4v) is 4.13. The van der Waals surface area contributed by atoms with Gasteiger partial charge in [0.25, 0.3) is 0 Å². The van der Waals surface area contributed by atoms with Gasteiger partial charge in [-0.3, -0.25) is 0 Å². The van der Waals surface area contributed by atoms with Crippen molar-refractivity contribution in [1.29, 1.82) is 0 Å². The lowest BCUT2D eigenvalue weighted by Crippen LogP contribution is -2.18. The molecule has 0 unspecified atom stereocenters. The van der Waals surface area contributed by atoms with Crippen molar-refractivity contribution >= 4 is 21.5 Å². The number of rotatable bonds is 3. The normalized spacial score (nSPS) is 12.3. The van der Waals surface area contributed by atoms with Gasteiger partial charge in [-0.25, -0.2) is 0 Å². The third-order valence-corrected chi connectivity index (χ3v) is 5.80. The average molecular weight is 498 g/mol. The summed E-state index contributed by atoms with van der Waals surface area (Å²) in [5, 5.41) is 10.6. The fraction of sp³-hybridized carbons (Fsp3) is 0.111. The number of ether oxygens (including phenoxy) is 1. The van der Waals surface area contributed by atoms with E-state index >= 15 is 0 Å². The monoisotopic (exact) mass is 498 g/mol. The lowest BCUT2D eigenvalue weighted by atomic mass is 10.00. The summed E-state index contributed by atoms with van der Waals surface area (Å²) in [7, 11) is 0. The Morgan fingerprint density at radius 1 is 0.667 bits per heavy atom. The third-order valence-electron chi connectivity index (χ3n) is 5.80. The van der Waals surface area contributed by atoms with Gasteiger partial charge in [0.1, 0.15) is 17.0 Å². The van der Waals surface area contributed by atoms with Crippen LogP contribution in [0.25, 0.3) is 32.8 Å². The van der Waals surface area contributed by atoms with Crippen molar-refractivity contribution in [3.8, 4) is 22.9 Å². The summed E-state index contributed by atoms with van der Waals surface area (Å²) in [6.45, 7) is 1.24. The molecular weight excluding hydrogens is 482 g/mol. The fourth-order valence-electron chi connectivity index (χ4n) is 4.13. The highest BCUT2D eigenvalue weighted by atomic mass is 19.4. The summed E-state index contributed by atoms with van der Waals surface area (Å²) in [4.78, 5) is 0. The van der Waals surface area contributed by atoms with Gasteiger partial charge in [0, 0.05) is 16.3 Å². The first-order chi connectivity index (χ1) is 17.0. The Morgan fingerprint density at radius 2 is 1.28 bits per heavy atom. The highest BCUT2D eigenvalue weighted by Crippen LogP contribution is 2.48. The van der Waals surface area contributed by atoms with Crippen molar-refractivity contribution in [1.82, 2.24) is 10.2 Å². The molecule has 0 bridgehead atoms. The van der Waals surface area contributed by atoms with Crippen molar-refractivity contribution in [2.75, 3.05) is 0 Å². The second-order valence-corrected chi connectivity index (χ2v) is 8.20. The SMILES string of the molecule is Cc1ccc(C(F)(F)F)c(C(F)(F)F)c1Oc1nnc(-c2ccccc2)c2cc3ccccc3cc12. The first-order valence-corrected chi connectivity index (χ1v) is 10.7. The first kappa shape index (κ1) is 23.6. The predicted octanol–water partition coefficient (Wildman–Crippen LogP) is 8.59. The molecule has 0 aliphatic rings. The number of aryl methyl sites for hydroxylation is 1. The van der Waals surface area contributed by atoms with Gasteiger partial charge < -0.3 is 4.74 Å². The maximum Gasteiger partial charge on any atom is 0.420 e. The van der Waals surface area contributed by atoms with Crippen LogP contribution in [0.4, 0.5) is 26.3 Å². The molecule has 0 N–H and O–H groups in total. The van der Waals surface area contributed by atoms with Crippen LogP contribution >= 0.6 is 0 Å². The van der Waals surface area contributed by atoms with Crippen molar-refractivity contribution < 1.29 is 31.1 Å². The van der Waals surface area contributed by atoms with Crippen LogP contribution in [0.1, 0.15) is 16.7 Å². The van der Waals surface area contributed by atoms with E-state index < -0.39 is 29.2 Å². The molecule has 0 spiro atoms. The first-order valence-electron chi connectivity index (χ1n) is 10.7. The van der Waals surface area contributed by atoms with E-state index in [1.165, 1.54) is 6.92 Å². The van der Waals surface area contributed by atoms with Gasteiger partial charge in [0.05, 0.1) is 5.56 Å². The summed E-state index contributed by atoms with van der Waals surface area (Å²) < 4.78 is 87.8. The number of benzene rings is 4. The van der Waals surface area contributed by atoms with E-state index in [-0.39, 0.29) is 11.4 Å². The zero-order valence-electron chi connectivity index (χ0n) is 18.6. The Bertz CT molecular complexity index is 1590. The molecule has 182 valence electrons. The minimum Gasteiger partial charge on any atom is -0.436 e. The lowest BCUT2D eigenvalue weighted by Gasteiger charge is -2.21. The molecule has 0 saturated heterocycles. The minimum absolute atomic E-state index is 0.127. The zero-order valence-corrected chi connectivity index (χ0v) is 18.6. The van der Waals surface area contributed by atoms with Crippen molar-refractivity contribution in [3.05, 3.63) is 95.6 Å².